The van der Waals surface area contributed by atoms with Crippen molar-refractivity contribution < 1.29 is 10.2 Å². The normalized spacial score (nSPS) is 18.8. The van der Waals surface area contributed by atoms with Crippen LogP contribution in [0.2, 0.25) is 5.02 Å². The number of hydrogen-bond acceptors (Lipinski definition) is 4. The number of aliphatic hydroxyl groups excluding tert-OH is 1. The summed E-state index contributed by atoms with van der Waals surface area (Å²) < 4.78 is 0. The summed E-state index contributed by atoms with van der Waals surface area (Å²) in [6, 6.07) is 4.99. The van der Waals surface area contributed by atoms with Crippen LogP contribution in [0.3, 0.4) is 0 Å². The molecule has 3 N–H and O–H groups in total. The SMILES string of the molecule is CC1CCN(CC(O)CNCc2cc(Cl)ccc2O)CC1. The zero-order valence-electron chi connectivity index (χ0n) is 12.6. The summed E-state index contributed by atoms with van der Waals surface area (Å²) >= 11 is 5.90. The molecule has 4 nitrogen and oxygen atoms in total. The first-order valence-corrected chi connectivity index (χ1v) is 8.01. The molecule has 0 saturated carbocycles. The summed E-state index contributed by atoms with van der Waals surface area (Å²) in [4.78, 5) is 2.32. The van der Waals surface area contributed by atoms with Gasteiger partial charge in [-0.15, -0.1) is 0 Å². The Hall–Kier alpha value is -0.810. The van der Waals surface area contributed by atoms with Crippen LogP contribution < -0.4 is 5.32 Å². The summed E-state index contributed by atoms with van der Waals surface area (Å²) in [5.74, 6) is 1.04. The second-order valence-corrected chi connectivity index (χ2v) is 6.48. The number of phenols is 1. The number of aliphatic hydroxyl groups is 1. The van der Waals surface area contributed by atoms with Gasteiger partial charge in [-0.1, -0.05) is 18.5 Å². The predicted octanol–water partition coefficient (Wildman–Crippen LogP) is 2.23. The molecule has 1 fully saturated rings. The van der Waals surface area contributed by atoms with E-state index in [1.54, 1.807) is 18.2 Å². The lowest BCUT2D eigenvalue weighted by Crippen LogP contribution is -2.41. The molecule has 0 aliphatic carbocycles. The van der Waals surface area contributed by atoms with Gasteiger partial charge in [-0.05, 0) is 50.0 Å². The van der Waals surface area contributed by atoms with E-state index in [9.17, 15) is 10.2 Å². The number of rotatable bonds is 6. The fourth-order valence-corrected chi connectivity index (χ4v) is 2.87. The summed E-state index contributed by atoms with van der Waals surface area (Å²) in [5.41, 5.74) is 0.751. The number of aromatic hydroxyl groups is 1. The van der Waals surface area contributed by atoms with Crippen molar-refractivity contribution in [2.45, 2.75) is 32.4 Å². The van der Waals surface area contributed by atoms with Gasteiger partial charge in [0.15, 0.2) is 0 Å². The molecule has 2 rings (SSSR count). The monoisotopic (exact) mass is 312 g/mol. The number of hydrogen-bond donors (Lipinski definition) is 3. The maximum absolute atomic E-state index is 10.1. The third-order valence-corrected chi connectivity index (χ3v) is 4.32. The molecule has 1 unspecified atom stereocenters. The zero-order valence-corrected chi connectivity index (χ0v) is 13.3. The largest absolute Gasteiger partial charge is 0.508 e. The van der Waals surface area contributed by atoms with Crippen molar-refractivity contribution in [2.75, 3.05) is 26.2 Å². The van der Waals surface area contributed by atoms with E-state index in [2.05, 4.69) is 17.1 Å². The molecule has 1 heterocycles. The van der Waals surface area contributed by atoms with Crippen LogP contribution in [0.25, 0.3) is 0 Å². The Balaban J connectivity index is 1.69. The summed E-state index contributed by atoms with van der Waals surface area (Å²) in [6.07, 6.45) is 2.05. The highest BCUT2D eigenvalue weighted by atomic mass is 35.5. The summed E-state index contributed by atoms with van der Waals surface area (Å²) in [5, 5.41) is 23.6. The number of piperidine rings is 1. The Kier molecular flexibility index (Phi) is 6.30. The highest BCUT2D eigenvalue weighted by Crippen LogP contribution is 2.21. The molecular weight excluding hydrogens is 288 g/mol. The number of phenolic OH excluding ortho intramolecular Hbond substituents is 1. The van der Waals surface area contributed by atoms with Crippen molar-refractivity contribution in [3.8, 4) is 5.75 Å². The molecule has 0 aromatic heterocycles. The van der Waals surface area contributed by atoms with Gasteiger partial charge in [0.2, 0.25) is 0 Å². The smallest absolute Gasteiger partial charge is 0.120 e. The van der Waals surface area contributed by atoms with E-state index in [4.69, 9.17) is 11.6 Å². The number of benzene rings is 1. The summed E-state index contributed by atoms with van der Waals surface area (Å²) in [7, 11) is 0. The molecule has 5 heteroatoms. The number of likely N-dealkylation sites (tertiary alicyclic amines) is 1. The first kappa shape index (κ1) is 16.6. The summed E-state index contributed by atoms with van der Waals surface area (Å²) in [6.45, 7) is 6.16. The minimum absolute atomic E-state index is 0.228. The van der Waals surface area contributed by atoms with E-state index in [1.807, 2.05) is 0 Å². The van der Waals surface area contributed by atoms with Crippen molar-refractivity contribution in [3.05, 3.63) is 28.8 Å². The van der Waals surface area contributed by atoms with Crippen molar-refractivity contribution in [1.29, 1.82) is 0 Å². The van der Waals surface area contributed by atoms with Crippen LogP contribution in [0.4, 0.5) is 0 Å². The average Bonchev–Trinajstić information content (AvgIpc) is 2.45. The van der Waals surface area contributed by atoms with Crippen LogP contribution in [-0.4, -0.2) is 47.4 Å². The molecule has 1 aliphatic rings. The molecule has 21 heavy (non-hydrogen) atoms. The molecule has 0 radical (unpaired) electrons. The van der Waals surface area contributed by atoms with Gasteiger partial charge in [0.1, 0.15) is 5.75 Å². The predicted molar refractivity (Wildman–Crippen MR) is 85.7 cm³/mol. The topological polar surface area (TPSA) is 55.7 Å². The number of nitrogens with zero attached hydrogens (tertiary/aromatic N) is 1. The van der Waals surface area contributed by atoms with Crippen molar-refractivity contribution in [3.63, 3.8) is 0 Å². The fourth-order valence-electron chi connectivity index (χ4n) is 2.68. The third-order valence-electron chi connectivity index (χ3n) is 4.08. The lowest BCUT2D eigenvalue weighted by atomic mass is 9.99. The molecular formula is C16H25ClN2O2. The first-order chi connectivity index (χ1) is 10.0. The maximum Gasteiger partial charge on any atom is 0.120 e. The minimum atomic E-state index is -0.389. The molecule has 0 bridgehead atoms. The molecule has 1 aromatic carbocycles. The standard InChI is InChI=1S/C16H25ClN2O2/c1-12-4-6-19(7-5-12)11-15(20)10-18-9-13-8-14(17)2-3-16(13)21/h2-3,8,12,15,18,20-21H,4-7,9-11H2,1H3. The van der Waals surface area contributed by atoms with E-state index < -0.39 is 0 Å². The number of nitrogens with one attached hydrogen (secondary N) is 1. The van der Waals surface area contributed by atoms with Gasteiger partial charge in [-0.2, -0.15) is 0 Å². The van der Waals surface area contributed by atoms with Crippen molar-refractivity contribution >= 4 is 11.6 Å². The van der Waals surface area contributed by atoms with E-state index in [0.29, 0.717) is 24.7 Å². The van der Waals surface area contributed by atoms with Crippen LogP contribution in [0.5, 0.6) is 5.75 Å². The van der Waals surface area contributed by atoms with E-state index in [0.717, 1.165) is 24.6 Å². The van der Waals surface area contributed by atoms with Crippen molar-refractivity contribution in [1.82, 2.24) is 10.2 Å². The Morgan fingerprint density at radius 3 is 2.81 bits per heavy atom. The third kappa shape index (κ3) is 5.47. The molecule has 1 saturated heterocycles. The number of β-amino-alcohol motifs (C(OH)–C–C–N with tert-alkyl or cyclic N) is 1. The van der Waals surface area contributed by atoms with E-state index in [-0.39, 0.29) is 11.9 Å². The van der Waals surface area contributed by atoms with Crippen LogP contribution >= 0.6 is 11.6 Å². The van der Waals surface area contributed by atoms with Crippen LogP contribution in [-0.2, 0) is 6.54 Å². The zero-order chi connectivity index (χ0) is 15.2. The van der Waals surface area contributed by atoms with Gasteiger partial charge < -0.3 is 20.4 Å². The highest BCUT2D eigenvalue weighted by Gasteiger charge is 2.18. The van der Waals surface area contributed by atoms with Gasteiger partial charge in [-0.25, -0.2) is 0 Å². The van der Waals surface area contributed by atoms with Gasteiger partial charge in [0.25, 0.3) is 0 Å². The molecule has 118 valence electrons. The lowest BCUT2D eigenvalue weighted by molar-refractivity contribution is 0.0906. The fraction of sp³-hybridized carbons (Fsp3) is 0.625. The average molecular weight is 313 g/mol. The van der Waals surface area contributed by atoms with Gasteiger partial charge in [0.05, 0.1) is 6.10 Å². The lowest BCUT2D eigenvalue weighted by Gasteiger charge is -2.31. The van der Waals surface area contributed by atoms with Crippen LogP contribution in [0.1, 0.15) is 25.3 Å². The molecule has 0 spiro atoms. The van der Waals surface area contributed by atoms with Crippen LogP contribution in [0.15, 0.2) is 18.2 Å². The van der Waals surface area contributed by atoms with E-state index in [1.165, 1.54) is 12.8 Å². The van der Waals surface area contributed by atoms with Gasteiger partial charge >= 0.3 is 0 Å². The van der Waals surface area contributed by atoms with Crippen LogP contribution in [0, 0.1) is 5.92 Å². The number of halogens is 1. The molecule has 1 aliphatic heterocycles. The Labute approximate surface area is 131 Å². The van der Waals surface area contributed by atoms with Gasteiger partial charge in [-0.3, -0.25) is 0 Å². The molecule has 1 aromatic rings. The maximum atomic E-state index is 10.1. The Morgan fingerprint density at radius 2 is 2.10 bits per heavy atom. The Morgan fingerprint density at radius 1 is 1.38 bits per heavy atom. The second-order valence-electron chi connectivity index (χ2n) is 6.04. The first-order valence-electron chi connectivity index (χ1n) is 7.63. The second kappa shape index (κ2) is 7.99. The Bertz CT molecular complexity index is 448. The highest BCUT2D eigenvalue weighted by molar-refractivity contribution is 6.30. The van der Waals surface area contributed by atoms with Crippen molar-refractivity contribution in [2.24, 2.45) is 5.92 Å². The quantitative estimate of drug-likeness (QED) is 0.754. The van der Waals surface area contributed by atoms with E-state index >= 15 is 0 Å². The minimum Gasteiger partial charge on any atom is -0.508 e. The molecule has 1 atom stereocenters. The van der Waals surface area contributed by atoms with Gasteiger partial charge in [0, 0.05) is 30.2 Å². The molecule has 0 amide bonds.